The highest BCUT2D eigenvalue weighted by atomic mass is 35.5. The molecule has 1 N–H and O–H groups in total. The molecule has 5 heteroatoms. The van der Waals surface area contributed by atoms with E-state index in [9.17, 15) is 4.79 Å². The third kappa shape index (κ3) is 2.84. The van der Waals surface area contributed by atoms with Gasteiger partial charge in [0.1, 0.15) is 0 Å². The molecule has 2 aromatic rings. The quantitative estimate of drug-likeness (QED) is 0.928. The Kier molecular flexibility index (Phi) is 3.76. The minimum atomic E-state index is -0.178. The Labute approximate surface area is 108 Å². The summed E-state index contributed by atoms with van der Waals surface area (Å²) < 4.78 is 0. The van der Waals surface area contributed by atoms with Gasteiger partial charge in [0.25, 0.3) is 5.91 Å². The second kappa shape index (κ2) is 5.29. The van der Waals surface area contributed by atoms with Crippen molar-refractivity contribution >= 4 is 28.8 Å². The summed E-state index contributed by atoms with van der Waals surface area (Å²) in [5.41, 5.74) is 2.78. The lowest BCUT2D eigenvalue weighted by Crippen LogP contribution is -2.23. The van der Waals surface area contributed by atoms with Gasteiger partial charge in [-0.05, 0) is 34.9 Å². The fourth-order valence-electron chi connectivity index (χ4n) is 1.40. The fraction of sp³-hybridized carbons (Fsp3) is 0.167. The smallest absolute Gasteiger partial charge is 0.253 e. The topological polar surface area (TPSA) is 42.0 Å². The first kappa shape index (κ1) is 12.1. The van der Waals surface area contributed by atoms with Crippen molar-refractivity contribution in [1.29, 1.82) is 0 Å². The van der Waals surface area contributed by atoms with Crippen molar-refractivity contribution in [3.8, 4) is 0 Å². The van der Waals surface area contributed by atoms with Crippen LogP contribution in [0.15, 0.2) is 29.2 Å². The summed E-state index contributed by atoms with van der Waals surface area (Å²) in [6, 6.07) is 1.61. The summed E-state index contributed by atoms with van der Waals surface area (Å²) in [5, 5.41) is 7.29. The summed E-state index contributed by atoms with van der Waals surface area (Å²) in [6.07, 6.45) is 3.02. The van der Waals surface area contributed by atoms with Crippen molar-refractivity contribution < 1.29 is 4.79 Å². The van der Waals surface area contributed by atoms with Gasteiger partial charge < -0.3 is 5.32 Å². The van der Waals surface area contributed by atoms with Crippen LogP contribution in [0.4, 0.5) is 0 Å². The van der Waals surface area contributed by atoms with Crippen LogP contribution in [-0.4, -0.2) is 10.9 Å². The molecular formula is C12H11ClN2OS. The molecule has 0 spiro atoms. The minimum Gasteiger partial charge on any atom is -0.348 e. The van der Waals surface area contributed by atoms with Gasteiger partial charge in [-0.15, -0.1) is 0 Å². The number of thiophene rings is 1. The van der Waals surface area contributed by atoms with Gasteiger partial charge in [-0.2, -0.15) is 11.3 Å². The van der Waals surface area contributed by atoms with Crippen LogP contribution in [0.1, 0.15) is 21.5 Å². The summed E-state index contributed by atoms with van der Waals surface area (Å²) in [5.74, 6) is -0.178. The zero-order valence-electron chi connectivity index (χ0n) is 9.24. The van der Waals surface area contributed by atoms with Crippen LogP contribution in [-0.2, 0) is 6.54 Å². The number of carbonyl (C=O) groups is 1. The minimum absolute atomic E-state index is 0.178. The fourth-order valence-corrected chi connectivity index (χ4v) is 2.46. The number of amides is 1. The van der Waals surface area contributed by atoms with E-state index in [2.05, 4.69) is 15.7 Å². The predicted octanol–water partition coefficient (Wildman–Crippen LogP) is 3.03. The zero-order valence-corrected chi connectivity index (χ0v) is 10.8. The number of hydrogen-bond acceptors (Lipinski definition) is 3. The number of nitrogens with one attached hydrogen (secondary N) is 1. The first-order chi connectivity index (χ1) is 8.18. The van der Waals surface area contributed by atoms with Crippen LogP contribution in [0, 0.1) is 6.92 Å². The molecule has 0 radical (unpaired) electrons. The Morgan fingerprint density at radius 2 is 2.35 bits per heavy atom. The second-order valence-electron chi connectivity index (χ2n) is 3.62. The number of hydrogen-bond donors (Lipinski definition) is 1. The number of rotatable bonds is 3. The Morgan fingerprint density at radius 1 is 1.53 bits per heavy atom. The molecule has 2 heterocycles. The number of nitrogens with zero attached hydrogens (tertiary/aromatic N) is 1. The summed E-state index contributed by atoms with van der Waals surface area (Å²) in [7, 11) is 0. The van der Waals surface area contributed by atoms with E-state index in [1.54, 1.807) is 23.6 Å². The van der Waals surface area contributed by atoms with Crippen molar-refractivity contribution in [3.05, 3.63) is 50.9 Å². The molecule has 0 aliphatic carbocycles. The van der Waals surface area contributed by atoms with Crippen LogP contribution in [0.3, 0.4) is 0 Å². The molecule has 0 fully saturated rings. The van der Waals surface area contributed by atoms with Crippen LogP contribution < -0.4 is 5.32 Å². The van der Waals surface area contributed by atoms with Crippen LogP contribution in [0.25, 0.3) is 0 Å². The van der Waals surface area contributed by atoms with Gasteiger partial charge in [0.2, 0.25) is 0 Å². The molecule has 0 bridgehead atoms. The highest BCUT2D eigenvalue weighted by Crippen LogP contribution is 2.15. The molecule has 3 nitrogen and oxygen atoms in total. The van der Waals surface area contributed by atoms with Crippen LogP contribution in [0.5, 0.6) is 0 Å². The summed E-state index contributed by atoms with van der Waals surface area (Å²) in [6.45, 7) is 2.55. The highest BCUT2D eigenvalue weighted by molar-refractivity contribution is 7.08. The molecule has 2 aromatic heterocycles. The van der Waals surface area contributed by atoms with E-state index in [1.807, 2.05) is 12.3 Å². The molecule has 88 valence electrons. The molecule has 0 atom stereocenters. The Bertz CT molecular complexity index is 539. The lowest BCUT2D eigenvalue weighted by molar-refractivity contribution is 0.0951. The normalized spacial score (nSPS) is 10.2. The average molecular weight is 267 g/mol. The van der Waals surface area contributed by atoms with Crippen molar-refractivity contribution in [2.75, 3.05) is 0 Å². The van der Waals surface area contributed by atoms with E-state index in [1.165, 1.54) is 11.8 Å². The average Bonchev–Trinajstić information content (AvgIpc) is 2.72. The standard InChI is InChI=1S/C12H11ClN2OS/c1-8-6-17-7-9(8)4-15-12(16)10-2-3-14-5-11(10)13/h2-3,5-7H,4H2,1H3,(H,15,16). The van der Waals surface area contributed by atoms with E-state index >= 15 is 0 Å². The van der Waals surface area contributed by atoms with Gasteiger partial charge >= 0.3 is 0 Å². The van der Waals surface area contributed by atoms with Crippen LogP contribution in [0.2, 0.25) is 5.02 Å². The van der Waals surface area contributed by atoms with E-state index in [-0.39, 0.29) is 5.91 Å². The molecular weight excluding hydrogens is 256 g/mol. The SMILES string of the molecule is Cc1cscc1CNC(=O)c1ccncc1Cl. The summed E-state index contributed by atoms with van der Waals surface area (Å²) >= 11 is 7.52. The number of pyridine rings is 1. The van der Waals surface area contributed by atoms with Crippen molar-refractivity contribution in [2.45, 2.75) is 13.5 Å². The molecule has 0 saturated heterocycles. The Morgan fingerprint density at radius 3 is 3.00 bits per heavy atom. The van der Waals surface area contributed by atoms with Crippen molar-refractivity contribution in [3.63, 3.8) is 0 Å². The van der Waals surface area contributed by atoms with Gasteiger partial charge in [-0.1, -0.05) is 11.6 Å². The van der Waals surface area contributed by atoms with Gasteiger partial charge in [0, 0.05) is 18.9 Å². The third-order valence-corrected chi connectivity index (χ3v) is 3.63. The molecule has 0 saturated carbocycles. The molecule has 2 rings (SSSR count). The van der Waals surface area contributed by atoms with E-state index in [0.717, 1.165) is 5.56 Å². The largest absolute Gasteiger partial charge is 0.348 e. The van der Waals surface area contributed by atoms with Crippen molar-refractivity contribution in [1.82, 2.24) is 10.3 Å². The molecule has 0 aromatic carbocycles. The number of aromatic nitrogens is 1. The number of halogens is 1. The van der Waals surface area contributed by atoms with Gasteiger partial charge in [-0.25, -0.2) is 0 Å². The zero-order chi connectivity index (χ0) is 12.3. The maximum Gasteiger partial charge on any atom is 0.253 e. The second-order valence-corrected chi connectivity index (χ2v) is 4.77. The first-order valence-corrected chi connectivity index (χ1v) is 6.40. The van der Waals surface area contributed by atoms with Gasteiger partial charge in [0.05, 0.1) is 10.6 Å². The molecule has 0 aliphatic heterocycles. The number of aryl methyl sites for hydroxylation is 1. The molecule has 1 amide bonds. The third-order valence-electron chi connectivity index (χ3n) is 2.42. The van der Waals surface area contributed by atoms with Gasteiger partial charge in [-0.3, -0.25) is 9.78 Å². The van der Waals surface area contributed by atoms with Gasteiger partial charge in [0.15, 0.2) is 0 Å². The lowest BCUT2D eigenvalue weighted by Gasteiger charge is -2.05. The van der Waals surface area contributed by atoms with Crippen molar-refractivity contribution in [2.24, 2.45) is 0 Å². The predicted molar refractivity (Wildman–Crippen MR) is 69.5 cm³/mol. The maximum absolute atomic E-state index is 11.9. The van der Waals surface area contributed by atoms with E-state index in [0.29, 0.717) is 17.1 Å². The Balaban J connectivity index is 2.04. The summed E-state index contributed by atoms with van der Waals surface area (Å²) in [4.78, 5) is 15.7. The first-order valence-electron chi connectivity index (χ1n) is 5.08. The molecule has 0 aliphatic rings. The molecule has 0 unspecified atom stereocenters. The molecule has 17 heavy (non-hydrogen) atoms. The number of carbonyl (C=O) groups excluding carboxylic acids is 1. The highest BCUT2D eigenvalue weighted by Gasteiger charge is 2.10. The van der Waals surface area contributed by atoms with Crippen LogP contribution >= 0.6 is 22.9 Å². The lowest BCUT2D eigenvalue weighted by atomic mass is 10.2. The Hall–Kier alpha value is -1.39. The van der Waals surface area contributed by atoms with E-state index in [4.69, 9.17) is 11.6 Å². The maximum atomic E-state index is 11.9. The monoisotopic (exact) mass is 266 g/mol. The van der Waals surface area contributed by atoms with E-state index < -0.39 is 0 Å².